The number of rotatable bonds is 5. The number of para-hydroxylation sites is 2. The maximum Gasteiger partial charge on any atom is 0.412 e. The maximum atomic E-state index is 11.7. The molecule has 0 heterocycles. The van der Waals surface area contributed by atoms with Gasteiger partial charge >= 0.3 is 6.09 Å². The van der Waals surface area contributed by atoms with Gasteiger partial charge in [0, 0.05) is 0 Å². The van der Waals surface area contributed by atoms with Crippen LogP contribution in [0.3, 0.4) is 0 Å². The predicted octanol–water partition coefficient (Wildman–Crippen LogP) is 2.29. The summed E-state index contributed by atoms with van der Waals surface area (Å²) in [5.74, 6) is 0.0159. The minimum absolute atomic E-state index is 0.112. The van der Waals surface area contributed by atoms with Crippen LogP contribution in [-0.2, 0) is 9.53 Å². The third-order valence-corrected chi connectivity index (χ3v) is 2.13. The average Bonchev–Trinajstić information content (AvgIpc) is 2.28. The standard InChI is InChI=1S/C14H20N2O4/c1-14(2,3)20-13(18)16-10-6-4-5-7-11(10)19-9-8-12(15)17/h4-7H,8-9H2,1-3H3,(H2,15,17)(H,16,18). The first-order chi connectivity index (χ1) is 9.28. The monoisotopic (exact) mass is 280 g/mol. The van der Waals surface area contributed by atoms with Crippen LogP contribution < -0.4 is 15.8 Å². The molecule has 0 fully saturated rings. The van der Waals surface area contributed by atoms with Crippen molar-refractivity contribution in [2.24, 2.45) is 5.73 Å². The molecule has 0 bridgehead atoms. The van der Waals surface area contributed by atoms with E-state index in [4.69, 9.17) is 15.2 Å². The fourth-order valence-electron chi connectivity index (χ4n) is 1.37. The van der Waals surface area contributed by atoms with E-state index >= 15 is 0 Å². The second kappa shape index (κ2) is 6.79. The van der Waals surface area contributed by atoms with Gasteiger partial charge in [-0.3, -0.25) is 10.1 Å². The number of amides is 2. The fraction of sp³-hybridized carbons (Fsp3) is 0.429. The zero-order valence-electron chi connectivity index (χ0n) is 11.9. The van der Waals surface area contributed by atoms with E-state index in [9.17, 15) is 9.59 Å². The third-order valence-electron chi connectivity index (χ3n) is 2.13. The molecular weight excluding hydrogens is 260 g/mol. The predicted molar refractivity (Wildman–Crippen MR) is 75.6 cm³/mol. The number of carbonyl (C=O) groups is 2. The number of ether oxygens (including phenoxy) is 2. The summed E-state index contributed by atoms with van der Waals surface area (Å²) in [6, 6.07) is 6.89. The lowest BCUT2D eigenvalue weighted by molar-refractivity contribution is -0.118. The van der Waals surface area contributed by atoms with E-state index in [-0.39, 0.29) is 13.0 Å². The lowest BCUT2D eigenvalue weighted by atomic mass is 10.2. The highest BCUT2D eigenvalue weighted by Gasteiger charge is 2.17. The molecule has 0 aliphatic carbocycles. The Balaban J connectivity index is 2.65. The highest BCUT2D eigenvalue weighted by molar-refractivity contribution is 5.86. The Morgan fingerprint density at radius 3 is 2.50 bits per heavy atom. The SMILES string of the molecule is CC(C)(C)OC(=O)Nc1ccccc1OCCC(N)=O. The van der Waals surface area contributed by atoms with Crippen LogP contribution in [0.25, 0.3) is 0 Å². The number of carbonyl (C=O) groups excluding carboxylic acids is 2. The Morgan fingerprint density at radius 1 is 1.25 bits per heavy atom. The second-order valence-corrected chi connectivity index (χ2v) is 5.19. The van der Waals surface area contributed by atoms with E-state index in [1.807, 2.05) is 0 Å². The zero-order chi connectivity index (χ0) is 15.2. The highest BCUT2D eigenvalue weighted by atomic mass is 16.6. The Labute approximate surface area is 118 Å². The number of benzene rings is 1. The summed E-state index contributed by atoms with van der Waals surface area (Å²) < 4.78 is 10.6. The molecular formula is C14H20N2O4. The van der Waals surface area contributed by atoms with Crippen molar-refractivity contribution in [1.82, 2.24) is 0 Å². The molecule has 0 atom stereocenters. The van der Waals surface area contributed by atoms with Crippen molar-refractivity contribution in [3.63, 3.8) is 0 Å². The average molecular weight is 280 g/mol. The molecule has 20 heavy (non-hydrogen) atoms. The van der Waals surface area contributed by atoms with Crippen LogP contribution in [0, 0.1) is 0 Å². The van der Waals surface area contributed by atoms with Gasteiger partial charge in [-0.05, 0) is 32.9 Å². The molecule has 1 rings (SSSR count). The van der Waals surface area contributed by atoms with Crippen LogP contribution >= 0.6 is 0 Å². The highest BCUT2D eigenvalue weighted by Crippen LogP contribution is 2.24. The number of hydrogen-bond donors (Lipinski definition) is 2. The zero-order valence-corrected chi connectivity index (χ0v) is 11.9. The van der Waals surface area contributed by atoms with Gasteiger partial charge < -0.3 is 15.2 Å². The van der Waals surface area contributed by atoms with Crippen molar-refractivity contribution in [3.8, 4) is 5.75 Å². The molecule has 110 valence electrons. The molecule has 6 heteroatoms. The first-order valence-corrected chi connectivity index (χ1v) is 6.28. The van der Waals surface area contributed by atoms with Gasteiger partial charge in [-0.25, -0.2) is 4.79 Å². The number of primary amides is 1. The number of nitrogens with two attached hydrogens (primary N) is 1. The van der Waals surface area contributed by atoms with Crippen LogP contribution in [-0.4, -0.2) is 24.2 Å². The van der Waals surface area contributed by atoms with Gasteiger partial charge in [0.2, 0.25) is 5.91 Å². The Morgan fingerprint density at radius 2 is 1.90 bits per heavy atom. The van der Waals surface area contributed by atoms with Gasteiger partial charge in [0.15, 0.2) is 0 Å². The van der Waals surface area contributed by atoms with Crippen LogP contribution in [0.15, 0.2) is 24.3 Å². The molecule has 0 radical (unpaired) electrons. The summed E-state index contributed by atoms with van der Waals surface area (Å²) in [7, 11) is 0. The minimum Gasteiger partial charge on any atom is -0.491 e. The fourth-order valence-corrected chi connectivity index (χ4v) is 1.37. The first-order valence-electron chi connectivity index (χ1n) is 6.28. The third kappa shape index (κ3) is 6.08. The van der Waals surface area contributed by atoms with E-state index in [0.29, 0.717) is 11.4 Å². The normalized spacial score (nSPS) is 10.8. The van der Waals surface area contributed by atoms with E-state index in [2.05, 4.69) is 5.32 Å². The van der Waals surface area contributed by atoms with Crippen molar-refractivity contribution < 1.29 is 19.1 Å². The topological polar surface area (TPSA) is 90.7 Å². The maximum absolute atomic E-state index is 11.7. The van der Waals surface area contributed by atoms with Gasteiger partial charge in [-0.1, -0.05) is 12.1 Å². The molecule has 0 spiro atoms. The lowest BCUT2D eigenvalue weighted by Gasteiger charge is -2.20. The van der Waals surface area contributed by atoms with E-state index in [1.54, 1.807) is 45.0 Å². The van der Waals surface area contributed by atoms with Crippen molar-refractivity contribution in [2.75, 3.05) is 11.9 Å². The van der Waals surface area contributed by atoms with Crippen molar-refractivity contribution in [1.29, 1.82) is 0 Å². The van der Waals surface area contributed by atoms with Crippen LogP contribution in [0.5, 0.6) is 5.75 Å². The summed E-state index contributed by atoms with van der Waals surface area (Å²) in [4.78, 5) is 22.4. The number of hydrogen-bond acceptors (Lipinski definition) is 4. The van der Waals surface area contributed by atoms with E-state index in [1.165, 1.54) is 0 Å². The second-order valence-electron chi connectivity index (χ2n) is 5.19. The van der Waals surface area contributed by atoms with E-state index < -0.39 is 17.6 Å². The molecule has 0 saturated heterocycles. The molecule has 0 aliphatic rings. The Bertz CT molecular complexity index is 480. The van der Waals surface area contributed by atoms with Gasteiger partial charge in [0.25, 0.3) is 0 Å². The summed E-state index contributed by atoms with van der Waals surface area (Å²) in [6.07, 6.45) is -0.454. The van der Waals surface area contributed by atoms with Gasteiger partial charge in [-0.15, -0.1) is 0 Å². The van der Waals surface area contributed by atoms with Gasteiger partial charge in [0.05, 0.1) is 18.7 Å². The van der Waals surface area contributed by atoms with Crippen LogP contribution in [0.4, 0.5) is 10.5 Å². The molecule has 3 N–H and O–H groups in total. The molecule has 0 saturated carbocycles. The molecule has 0 aliphatic heterocycles. The van der Waals surface area contributed by atoms with Crippen molar-refractivity contribution in [2.45, 2.75) is 32.8 Å². The number of nitrogens with one attached hydrogen (secondary N) is 1. The van der Waals surface area contributed by atoms with Crippen LogP contribution in [0.1, 0.15) is 27.2 Å². The number of anilines is 1. The molecule has 0 aromatic heterocycles. The smallest absolute Gasteiger partial charge is 0.412 e. The Kier molecular flexibility index (Phi) is 5.37. The van der Waals surface area contributed by atoms with E-state index in [0.717, 1.165) is 0 Å². The molecule has 0 unspecified atom stereocenters. The first kappa shape index (κ1) is 15.8. The van der Waals surface area contributed by atoms with Gasteiger partial charge in [-0.2, -0.15) is 0 Å². The van der Waals surface area contributed by atoms with Crippen LogP contribution in [0.2, 0.25) is 0 Å². The lowest BCUT2D eigenvalue weighted by Crippen LogP contribution is -2.27. The Hall–Kier alpha value is -2.24. The molecule has 2 amide bonds. The largest absolute Gasteiger partial charge is 0.491 e. The molecule has 1 aromatic rings. The molecule has 1 aromatic carbocycles. The van der Waals surface area contributed by atoms with Gasteiger partial charge in [0.1, 0.15) is 11.4 Å². The minimum atomic E-state index is -0.578. The summed E-state index contributed by atoms with van der Waals surface area (Å²) in [6.45, 7) is 5.49. The quantitative estimate of drug-likeness (QED) is 0.865. The van der Waals surface area contributed by atoms with Crippen molar-refractivity contribution in [3.05, 3.63) is 24.3 Å². The molecule has 6 nitrogen and oxygen atoms in total. The summed E-state index contributed by atoms with van der Waals surface area (Å²) >= 11 is 0. The summed E-state index contributed by atoms with van der Waals surface area (Å²) in [5.41, 5.74) is 4.94. The van der Waals surface area contributed by atoms with Crippen molar-refractivity contribution >= 4 is 17.7 Å². The summed E-state index contributed by atoms with van der Waals surface area (Å²) in [5, 5.41) is 2.60.